The number of anilines is 1. The minimum Gasteiger partial charge on any atom is -0.368 e. The Morgan fingerprint density at radius 2 is 2.23 bits per heavy atom. The van der Waals surface area contributed by atoms with Gasteiger partial charge in [-0.05, 0) is 12.0 Å². The lowest BCUT2D eigenvalue weighted by molar-refractivity contribution is 0.405. The van der Waals surface area contributed by atoms with Crippen LogP contribution in [0.1, 0.15) is 13.8 Å². The summed E-state index contributed by atoms with van der Waals surface area (Å²) in [7, 11) is 0. The lowest BCUT2D eigenvalue weighted by Crippen LogP contribution is -2.31. The maximum atomic E-state index is 5.59. The van der Waals surface area contributed by atoms with E-state index in [1.54, 1.807) is 18.6 Å². The van der Waals surface area contributed by atoms with E-state index >= 15 is 0 Å². The van der Waals surface area contributed by atoms with Crippen LogP contribution < -0.4 is 11.1 Å². The van der Waals surface area contributed by atoms with Crippen LogP contribution in [0.2, 0.25) is 0 Å². The molecule has 13 heavy (non-hydrogen) atoms. The zero-order valence-corrected chi connectivity index (χ0v) is 8.12. The molecule has 0 fully saturated rings. The Morgan fingerprint density at radius 3 is 2.77 bits per heavy atom. The lowest BCUT2D eigenvalue weighted by Gasteiger charge is -2.22. The smallest absolute Gasteiger partial charge is 0.144 e. The Labute approximate surface area is 78.6 Å². The molecule has 0 spiro atoms. The second-order valence-electron chi connectivity index (χ2n) is 3.81. The Hall–Kier alpha value is -1.16. The molecule has 0 aromatic carbocycles. The number of nitrogens with zero attached hydrogens (tertiary/aromatic N) is 2. The largest absolute Gasteiger partial charge is 0.368 e. The molecule has 0 radical (unpaired) electrons. The highest BCUT2D eigenvalue weighted by atomic mass is 15.0. The number of nitrogens with one attached hydrogen (secondary N) is 1. The molecule has 0 aliphatic carbocycles. The van der Waals surface area contributed by atoms with Gasteiger partial charge < -0.3 is 11.1 Å². The topological polar surface area (TPSA) is 63.8 Å². The first-order chi connectivity index (χ1) is 6.14. The van der Waals surface area contributed by atoms with Crippen molar-refractivity contribution in [3.05, 3.63) is 18.6 Å². The summed E-state index contributed by atoms with van der Waals surface area (Å²) in [6, 6.07) is 0. The monoisotopic (exact) mass is 180 g/mol. The van der Waals surface area contributed by atoms with Crippen LogP contribution in [0.15, 0.2) is 18.6 Å². The second-order valence-corrected chi connectivity index (χ2v) is 3.81. The van der Waals surface area contributed by atoms with Crippen molar-refractivity contribution in [2.45, 2.75) is 13.8 Å². The van der Waals surface area contributed by atoms with Crippen molar-refractivity contribution in [3.8, 4) is 0 Å². The van der Waals surface area contributed by atoms with E-state index in [1.165, 1.54) is 0 Å². The van der Waals surface area contributed by atoms with Gasteiger partial charge in [0.15, 0.2) is 0 Å². The molecule has 72 valence electrons. The maximum Gasteiger partial charge on any atom is 0.144 e. The first-order valence-corrected chi connectivity index (χ1v) is 4.34. The molecule has 1 heterocycles. The molecule has 1 aromatic rings. The second kappa shape index (κ2) is 4.18. The summed E-state index contributed by atoms with van der Waals surface area (Å²) in [5, 5.41) is 3.18. The van der Waals surface area contributed by atoms with Gasteiger partial charge in [-0.2, -0.15) is 0 Å². The molecule has 3 N–H and O–H groups in total. The Kier molecular flexibility index (Phi) is 3.19. The molecule has 4 heteroatoms. The molecule has 4 nitrogen and oxygen atoms in total. The van der Waals surface area contributed by atoms with Gasteiger partial charge >= 0.3 is 0 Å². The van der Waals surface area contributed by atoms with Gasteiger partial charge in [-0.1, -0.05) is 13.8 Å². The van der Waals surface area contributed by atoms with Gasteiger partial charge in [-0.3, -0.25) is 4.98 Å². The third-order valence-corrected chi connectivity index (χ3v) is 1.86. The van der Waals surface area contributed by atoms with Crippen molar-refractivity contribution < 1.29 is 0 Å². The van der Waals surface area contributed by atoms with E-state index < -0.39 is 0 Å². The highest BCUT2D eigenvalue weighted by Crippen LogP contribution is 2.12. The number of rotatable bonds is 4. The van der Waals surface area contributed by atoms with Crippen LogP contribution in [0, 0.1) is 5.41 Å². The number of hydrogen-bond donors (Lipinski definition) is 2. The predicted molar refractivity (Wildman–Crippen MR) is 53.4 cm³/mol. The number of hydrogen-bond acceptors (Lipinski definition) is 4. The molecular weight excluding hydrogens is 164 g/mol. The summed E-state index contributed by atoms with van der Waals surface area (Å²) >= 11 is 0. The SMILES string of the molecule is CC(C)(CN)CNc1cnccn1. The van der Waals surface area contributed by atoms with Crippen molar-refractivity contribution in [1.82, 2.24) is 9.97 Å². The number of nitrogens with two attached hydrogens (primary N) is 1. The maximum absolute atomic E-state index is 5.59. The quantitative estimate of drug-likeness (QED) is 0.721. The summed E-state index contributed by atoms with van der Waals surface area (Å²) in [4.78, 5) is 8.06. The fraction of sp³-hybridized carbons (Fsp3) is 0.556. The number of aromatic nitrogens is 2. The lowest BCUT2D eigenvalue weighted by atomic mass is 9.94. The van der Waals surface area contributed by atoms with E-state index in [9.17, 15) is 0 Å². The molecule has 0 atom stereocenters. The van der Waals surface area contributed by atoms with Crippen molar-refractivity contribution in [2.75, 3.05) is 18.4 Å². The molecule has 0 saturated carbocycles. The summed E-state index contributed by atoms with van der Waals surface area (Å²) in [6.07, 6.45) is 5.02. The van der Waals surface area contributed by atoms with Crippen LogP contribution in [0.3, 0.4) is 0 Å². The zero-order chi connectivity index (χ0) is 9.73. The van der Waals surface area contributed by atoms with Crippen LogP contribution in [-0.2, 0) is 0 Å². The minimum atomic E-state index is 0.0948. The van der Waals surface area contributed by atoms with Gasteiger partial charge in [0.1, 0.15) is 5.82 Å². The molecule has 0 unspecified atom stereocenters. The summed E-state index contributed by atoms with van der Waals surface area (Å²) < 4.78 is 0. The van der Waals surface area contributed by atoms with Gasteiger partial charge in [-0.15, -0.1) is 0 Å². The summed E-state index contributed by atoms with van der Waals surface area (Å²) in [6.45, 7) is 5.68. The molecule has 1 aromatic heterocycles. The van der Waals surface area contributed by atoms with Crippen LogP contribution in [0.5, 0.6) is 0 Å². The van der Waals surface area contributed by atoms with E-state index in [4.69, 9.17) is 5.73 Å². The normalized spacial score (nSPS) is 11.3. The van der Waals surface area contributed by atoms with E-state index in [0.717, 1.165) is 12.4 Å². The van der Waals surface area contributed by atoms with Gasteiger partial charge in [0, 0.05) is 18.9 Å². The van der Waals surface area contributed by atoms with E-state index in [1.807, 2.05) is 0 Å². The average molecular weight is 180 g/mol. The zero-order valence-electron chi connectivity index (χ0n) is 8.12. The predicted octanol–water partition coefficient (Wildman–Crippen LogP) is 0.873. The van der Waals surface area contributed by atoms with Crippen LogP contribution in [0.25, 0.3) is 0 Å². The first kappa shape index (κ1) is 9.92. The van der Waals surface area contributed by atoms with Gasteiger partial charge in [-0.25, -0.2) is 4.98 Å². The van der Waals surface area contributed by atoms with Crippen LogP contribution >= 0.6 is 0 Å². The Balaban J connectivity index is 2.44. The first-order valence-electron chi connectivity index (χ1n) is 4.34. The molecule has 0 aliphatic heterocycles. The van der Waals surface area contributed by atoms with Crippen LogP contribution in [-0.4, -0.2) is 23.1 Å². The summed E-state index contributed by atoms with van der Waals surface area (Å²) in [5.74, 6) is 0.795. The van der Waals surface area contributed by atoms with Gasteiger partial charge in [0.05, 0.1) is 6.20 Å². The average Bonchev–Trinajstić information content (AvgIpc) is 2.17. The Morgan fingerprint density at radius 1 is 1.46 bits per heavy atom. The van der Waals surface area contributed by atoms with Crippen molar-refractivity contribution >= 4 is 5.82 Å². The highest BCUT2D eigenvalue weighted by Gasteiger charge is 2.14. The van der Waals surface area contributed by atoms with Crippen LogP contribution in [0.4, 0.5) is 5.82 Å². The Bertz CT molecular complexity index is 245. The van der Waals surface area contributed by atoms with E-state index in [-0.39, 0.29) is 5.41 Å². The van der Waals surface area contributed by atoms with Gasteiger partial charge in [0.2, 0.25) is 0 Å². The molecule has 0 aliphatic rings. The minimum absolute atomic E-state index is 0.0948. The molecule has 1 rings (SSSR count). The highest BCUT2D eigenvalue weighted by molar-refractivity contribution is 5.29. The van der Waals surface area contributed by atoms with E-state index in [2.05, 4.69) is 29.1 Å². The van der Waals surface area contributed by atoms with Gasteiger partial charge in [0.25, 0.3) is 0 Å². The molecule has 0 saturated heterocycles. The van der Waals surface area contributed by atoms with Crippen molar-refractivity contribution in [2.24, 2.45) is 11.1 Å². The molecule has 0 bridgehead atoms. The fourth-order valence-electron chi connectivity index (χ4n) is 0.792. The fourth-order valence-corrected chi connectivity index (χ4v) is 0.792. The van der Waals surface area contributed by atoms with Crippen molar-refractivity contribution in [1.29, 1.82) is 0 Å². The summed E-state index contributed by atoms with van der Waals surface area (Å²) in [5.41, 5.74) is 5.69. The van der Waals surface area contributed by atoms with Crippen molar-refractivity contribution in [3.63, 3.8) is 0 Å². The standard InChI is InChI=1S/C9H16N4/c1-9(2,6-10)7-13-8-5-11-3-4-12-8/h3-5H,6-7,10H2,1-2H3,(H,12,13). The third-order valence-electron chi connectivity index (χ3n) is 1.86. The third kappa shape index (κ3) is 3.38. The molecule has 0 amide bonds. The molecular formula is C9H16N4. The van der Waals surface area contributed by atoms with E-state index in [0.29, 0.717) is 6.54 Å².